The highest BCUT2D eigenvalue weighted by atomic mass is 35.5. The van der Waals surface area contributed by atoms with E-state index in [4.69, 9.17) is 11.6 Å². The first-order chi connectivity index (χ1) is 15.7. The standard InChI is InChI=1S/C26H36ClF2N3O/c1-15(2)12-13-31-22(16(3)4)14-19-24(30-31)26(33)32(21-7-5-6-20(27)23(21)29)25(19)17-8-10-18(28)11-9-17/h5-10,14-16,18-19,21,23-26,30,33H,11-13H2,1-4H3/t18?,19?,21?,23-,24?,25?,26?/m1/s1. The summed E-state index contributed by atoms with van der Waals surface area (Å²) < 4.78 is 29.2. The number of fused-ring (bicyclic) bond motifs is 1. The highest BCUT2D eigenvalue weighted by Crippen LogP contribution is 2.43. The van der Waals surface area contributed by atoms with Gasteiger partial charge in [-0.05, 0) is 29.9 Å². The molecule has 2 heterocycles. The minimum Gasteiger partial charge on any atom is -0.377 e. The van der Waals surface area contributed by atoms with Crippen LogP contribution in [0.3, 0.4) is 0 Å². The zero-order chi connectivity index (χ0) is 23.9. The molecule has 4 aliphatic rings. The number of nitrogens with zero attached hydrogens (tertiary/aromatic N) is 2. The van der Waals surface area contributed by atoms with Crippen molar-refractivity contribution in [2.24, 2.45) is 17.8 Å². The molecule has 33 heavy (non-hydrogen) atoms. The van der Waals surface area contributed by atoms with E-state index in [0.717, 1.165) is 18.5 Å². The van der Waals surface area contributed by atoms with Crippen molar-refractivity contribution in [3.8, 4) is 0 Å². The molecule has 1 saturated heterocycles. The number of aliphatic hydroxyl groups excluding tert-OH is 1. The van der Waals surface area contributed by atoms with Crippen LogP contribution in [0.4, 0.5) is 8.78 Å². The van der Waals surface area contributed by atoms with Gasteiger partial charge in [-0.3, -0.25) is 4.90 Å². The maximum atomic E-state index is 15.3. The molecule has 7 atom stereocenters. The van der Waals surface area contributed by atoms with Crippen molar-refractivity contribution in [3.05, 3.63) is 58.8 Å². The predicted octanol–water partition coefficient (Wildman–Crippen LogP) is 5.00. The SMILES string of the molecule is CC(C)CCN1NC2C(C=C1C(C)C)C(C1=CCC(F)C=C1)N(C1C=CC=C(Cl)[C@H]1F)C2O. The summed E-state index contributed by atoms with van der Waals surface area (Å²) in [5.41, 5.74) is 5.67. The Hall–Kier alpha value is -1.47. The number of halogens is 3. The summed E-state index contributed by atoms with van der Waals surface area (Å²) in [5.74, 6) is 0.741. The Kier molecular flexibility index (Phi) is 7.49. The molecule has 6 unspecified atom stereocenters. The molecule has 4 rings (SSSR count). The van der Waals surface area contributed by atoms with Crippen LogP contribution in [0.2, 0.25) is 0 Å². The maximum absolute atomic E-state index is 15.3. The van der Waals surface area contributed by atoms with Crippen LogP contribution in [-0.2, 0) is 0 Å². The molecular formula is C26H36ClF2N3O. The van der Waals surface area contributed by atoms with Crippen LogP contribution in [0.1, 0.15) is 40.5 Å². The minimum absolute atomic E-state index is 0.0926. The molecule has 1 fully saturated rings. The normalized spacial score (nSPS) is 36.8. The van der Waals surface area contributed by atoms with Gasteiger partial charge < -0.3 is 10.1 Å². The largest absolute Gasteiger partial charge is 0.377 e. The maximum Gasteiger partial charge on any atom is 0.155 e. The fourth-order valence-electron chi connectivity index (χ4n) is 5.37. The van der Waals surface area contributed by atoms with Crippen LogP contribution in [0.5, 0.6) is 0 Å². The lowest BCUT2D eigenvalue weighted by Gasteiger charge is -2.41. The van der Waals surface area contributed by atoms with Crippen LogP contribution in [0, 0.1) is 17.8 Å². The lowest BCUT2D eigenvalue weighted by molar-refractivity contribution is -0.0333. The zero-order valence-electron chi connectivity index (χ0n) is 19.8. The van der Waals surface area contributed by atoms with Gasteiger partial charge >= 0.3 is 0 Å². The highest BCUT2D eigenvalue weighted by molar-refractivity contribution is 6.30. The number of rotatable bonds is 6. The number of likely N-dealkylation sites (tertiary alicyclic amines) is 1. The quantitative estimate of drug-likeness (QED) is 0.562. The van der Waals surface area contributed by atoms with Crippen molar-refractivity contribution < 1.29 is 13.9 Å². The fourth-order valence-corrected chi connectivity index (χ4v) is 5.57. The first kappa shape index (κ1) is 24.6. The third-order valence-corrected chi connectivity index (χ3v) is 7.45. The van der Waals surface area contributed by atoms with Gasteiger partial charge in [0.2, 0.25) is 0 Å². The summed E-state index contributed by atoms with van der Waals surface area (Å²) in [7, 11) is 0. The average molecular weight is 480 g/mol. The van der Waals surface area contributed by atoms with Gasteiger partial charge in [-0.15, -0.1) is 0 Å². The second-order valence-corrected chi connectivity index (χ2v) is 10.7. The minimum atomic E-state index is -1.43. The van der Waals surface area contributed by atoms with Crippen molar-refractivity contribution in [3.63, 3.8) is 0 Å². The van der Waals surface area contributed by atoms with Crippen molar-refractivity contribution in [1.82, 2.24) is 15.3 Å². The van der Waals surface area contributed by atoms with Gasteiger partial charge in [-0.1, -0.05) is 75.8 Å². The van der Waals surface area contributed by atoms with Crippen LogP contribution in [0.25, 0.3) is 0 Å². The van der Waals surface area contributed by atoms with E-state index in [1.807, 2.05) is 11.0 Å². The predicted molar refractivity (Wildman–Crippen MR) is 130 cm³/mol. The molecule has 2 aliphatic heterocycles. The summed E-state index contributed by atoms with van der Waals surface area (Å²) in [6, 6.07) is -1.31. The molecule has 4 nitrogen and oxygen atoms in total. The Morgan fingerprint density at radius 1 is 1.21 bits per heavy atom. The number of allylic oxidation sites excluding steroid dienone is 5. The van der Waals surface area contributed by atoms with Gasteiger partial charge in [0.05, 0.1) is 17.1 Å². The molecule has 0 aromatic rings. The summed E-state index contributed by atoms with van der Waals surface area (Å²) in [5, 5.41) is 13.8. The van der Waals surface area contributed by atoms with Crippen LogP contribution < -0.4 is 5.43 Å². The Bertz CT molecular complexity index is 881. The monoisotopic (exact) mass is 479 g/mol. The van der Waals surface area contributed by atoms with E-state index >= 15 is 4.39 Å². The zero-order valence-corrected chi connectivity index (χ0v) is 20.6. The van der Waals surface area contributed by atoms with Crippen molar-refractivity contribution in [2.45, 2.75) is 77.2 Å². The molecule has 7 heteroatoms. The molecule has 0 spiro atoms. The Balaban J connectivity index is 1.73. The number of hydrogen-bond donors (Lipinski definition) is 2. The molecule has 0 aromatic heterocycles. The summed E-state index contributed by atoms with van der Waals surface area (Å²) in [6.45, 7) is 9.55. The average Bonchev–Trinajstić information content (AvgIpc) is 3.05. The van der Waals surface area contributed by atoms with Gasteiger partial charge in [-0.25, -0.2) is 14.2 Å². The van der Waals surface area contributed by atoms with Crippen LogP contribution in [-0.4, -0.2) is 58.3 Å². The molecule has 0 radical (unpaired) electrons. The third kappa shape index (κ3) is 4.86. The van der Waals surface area contributed by atoms with Crippen molar-refractivity contribution in [1.29, 1.82) is 0 Å². The van der Waals surface area contributed by atoms with Gasteiger partial charge in [0.15, 0.2) is 6.17 Å². The summed E-state index contributed by atoms with van der Waals surface area (Å²) in [6.07, 6.45) is 10.5. The van der Waals surface area contributed by atoms with E-state index in [2.05, 4.69) is 44.2 Å². The molecular weight excluding hydrogens is 444 g/mol. The van der Waals surface area contributed by atoms with Gasteiger partial charge in [-0.2, -0.15) is 0 Å². The Morgan fingerprint density at radius 3 is 2.61 bits per heavy atom. The number of hydrazine groups is 1. The van der Waals surface area contributed by atoms with Crippen LogP contribution in [0.15, 0.2) is 58.8 Å². The topological polar surface area (TPSA) is 38.7 Å². The van der Waals surface area contributed by atoms with Gasteiger partial charge in [0, 0.05) is 30.6 Å². The Labute approximate surface area is 201 Å². The van der Waals surface area contributed by atoms with Gasteiger partial charge in [0.1, 0.15) is 12.4 Å². The fraction of sp³-hybridized carbons (Fsp3) is 0.615. The highest BCUT2D eigenvalue weighted by Gasteiger charge is 2.54. The molecule has 2 N–H and O–H groups in total. The first-order valence-corrected chi connectivity index (χ1v) is 12.5. The first-order valence-electron chi connectivity index (χ1n) is 12.1. The van der Waals surface area contributed by atoms with Crippen molar-refractivity contribution >= 4 is 11.6 Å². The molecule has 0 aromatic carbocycles. The van der Waals surface area contributed by atoms with E-state index in [1.165, 1.54) is 5.70 Å². The second kappa shape index (κ2) is 10.0. The number of nitrogens with one attached hydrogen (secondary N) is 1. The molecule has 0 saturated carbocycles. The molecule has 0 bridgehead atoms. The molecule has 182 valence electrons. The van der Waals surface area contributed by atoms with Crippen molar-refractivity contribution in [2.75, 3.05) is 6.54 Å². The van der Waals surface area contributed by atoms with E-state index in [0.29, 0.717) is 12.3 Å². The van der Waals surface area contributed by atoms with Gasteiger partial charge in [0.25, 0.3) is 0 Å². The molecule has 0 amide bonds. The van der Waals surface area contributed by atoms with E-state index < -0.39 is 24.6 Å². The third-order valence-electron chi connectivity index (χ3n) is 7.12. The van der Waals surface area contributed by atoms with E-state index in [9.17, 15) is 9.50 Å². The smallest absolute Gasteiger partial charge is 0.155 e. The van der Waals surface area contributed by atoms with Crippen LogP contribution >= 0.6 is 11.6 Å². The van der Waals surface area contributed by atoms with E-state index in [1.54, 1.807) is 30.4 Å². The molecule has 2 aliphatic carbocycles. The second-order valence-electron chi connectivity index (χ2n) is 10.3. The lowest BCUT2D eigenvalue weighted by Crippen LogP contribution is -2.56. The number of alkyl halides is 2. The summed E-state index contributed by atoms with van der Waals surface area (Å²) >= 11 is 6.16. The Morgan fingerprint density at radius 2 is 1.97 bits per heavy atom. The lowest BCUT2D eigenvalue weighted by atomic mass is 9.84. The number of aliphatic hydroxyl groups is 1. The van der Waals surface area contributed by atoms with E-state index in [-0.39, 0.29) is 29.0 Å². The number of hydrogen-bond acceptors (Lipinski definition) is 4. The summed E-state index contributed by atoms with van der Waals surface area (Å²) in [4.78, 5) is 1.83.